The van der Waals surface area contributed by atoms with Gasteiger partial charge in [0, 0.05) is 17.8 Å². The first-order valence-electron chi connectivity index (χ1n) is 6.52. The van der Waals surface area contributed by atoms with E-state index in [0.29, 0.717) is 10.9 Å². The Morgan fingerprint density at radius 1 is 1.31 bits per heavy atom. The molecule has 16 heavy (non-hydrogen) atoms. The van der Waals surface area contributed by atoms with Crippen LogP contribution < -0.4 is 5.32 Å². The predicted octanol–water partition coefficient (Wildman–Crippen LogP) is 2.82. The van der Waals surface area contributed by atoms with Crippen LogP contribution >= 0.6 is 11.8 Å². The number of rotatable bonds is 4. The quantitative estimate of drug-likeness (QED) is 0.820. The van der Waals surface area contributed by atoms with Crippen LogP contribution in [0, 0.1) is 0 Å². The van der Waals surface area contributed by atoms with Crippen molar-refractivity contribution in [3.63, 3.8) is 0 Å². The van der Waals surface area contributed by atoms with Gasteiger partial charge in [0.05, 0.1) is 11.7 Å². The monoisotopic (exact) mass is 243 g/mol. The van der Waals surface area contributed by atoms with E-state index in [1.165, 1.54) is 31.4 Å². The number of hydrogen-bond acceptors (Lipinski definition) is 3. The van der Waals surface area contributed by atoms with Crippen LogP contribution in [0.2, 0.25) is 0 Å². The Labute approximate surface area is 104 Å². The highest BCUT2D eigenvalue weighted by Crippen LogP contribution is 2.37. The SMILES string of the molecule is CC1(C)CCC(CNCC2(C)CCCS2)O1. The molecule has 2 unspecified atom stereocenters. The Morgan fingerprint density at radius 3 is 2.69 bits per heavy atom. The van der Waals surface area contributed by atoms with Gasteiger partial charge in [0.25, 0.3) is 0 Å². The van der Waals surface area contributed by atoms with Gasteiger partial charge in [0.2, 0.25) is 0 Å². The first kappa shape index (κ1) is 12.7. The summed E-state index contributed by atoms with van der Waals surface area (Å²) >= 11 is 2.12. The van der Waals surface area contributed by atoms with E-state index in [1.54, 1.807) is 0 Å². The van der Waals surface area contributed by atoms with Gasteiger partial charge in [-0.05, 0) is 52.2 Å². The largest absolute Gasteiger partial charge is 0.371 e. The number of nitrogens with one attached hydrogen (secondary N) is 1. The standard InChI is InChI=1S/C13H25NOS/c1-12(2)7-5-11(15-12)9-14-10-13(3)6-4-8-16-13/h11,14H,4-10H2,1-3H3. The van der Waals surface area contributed by atoms with E-state index in [1.807, 2.05) is 0 Å². The second-order valence-corrected chi connectivity index (χ2v) is 7.75. The molecule has 94 valence electrons. The van der Waals surface area contributed by atoms with Gasteiger partial charge in [-0.1, -0.05) is 0 Å². The normalized spacial score (nSPS) is 38.1. The van der Waals surface area contributed by atoms with E-state index >= 15 is 0 Å². The molecule has 0 radical (unpaired) electrons. The van der Waals surface area contributed by atoms with Crippen molar-refractivity contribution in [1.29, 1.82) is 0 Å². The molecule has 0 bridgehead atoms. The number of thioether (sulfide) groups is 1. The average Bonchev–Trinajstić information content (AvgIpc) is 2.74. The zero-order chi connectivity index (χ0) is 11.6. The summed E-state index contributed by atoms with van der Waals surface area (Å²) in [6.45, 7) is 8.94. The van der Waals surface area contributed by atoms with Crippen LogP contribution in [0.5, 0.6) is 0 Å². The molecule has 2 rings (SSSR count). The van der Waals surface area contributed by atoms with Crippen molar-refractivity contribution in [2.24, 2.45) is 0 Å². The van der Waals surface area contributed by atoms with Crippen LogP contribution in [-0.4, -0.2) is 35.3 Å². The van der Waals surface area contributed by atoms with Crippen LogP contribution in [0.15, 0.2) is 0 Å². The lowest BCUT2D eigenvalue weighted by molar-refractivity contribution is -0.0142. The summed E-state index contributed by atoms with van der Waals surface area (Å²) in [7, 11) is 0. The molecule has 0 aromatic rings. The third-order valence-corrected chi connectivity index (χ3v) is 5.26. The van der Waals surface area contributed by atoms with Crippen molar-refractivity contribution in [3.8, 4) is 0 Å². The van der Waals surface area contributed by atoms with Gasteiger partial charge in [-0.2, -0.15) is 11.8 Å². The highest BCUT2D eigenvalue weighted by molar-refractivity contribution is 8.00. The fraction of sp³-hybridized carbons (Fsp3) is 1.00. The van der Waals surface area contributed by atoms with Gasteiger partial charge in [0.1, 0.15) is 0 Å². The van der Waals surface area contributed by atoms with Gasteiger partial charge in [0.15, 0.2) is 0 Å². The van der Waals surface area contributed by atoms with Gasteiger partial charge >= 0.3 is 0 Å². The van der Waals surface area contributed by atoms with Crippen molar-refractivity contribution in [2.45, 2.75) is 62.9 Å². The van der Waals surface area contributed by atoms with E-state index in [9.17, 15) is 0 Å². The topological polar surface area (TPSA) is 21.3 Å². The van der Waals surface area contributed by atoms with Crippen molar-refractivity contribution in [2.75, 3.05) is 18.8 Å². The minimum atomic E-state index is 0.109. The van der Waals surface area contributed by atoms with Crippen LogP contribution in [0.4, 0.5) is 0 Å². The number of hydrogen-bond donors (Lipinski definition) is 1. The molecule has 2 heterocycles. The molecular weight excluding hydrogens is 218 g/mol. The Morgan fingerprint density at radius 2 is 2.12 bits per heavy atom. The molecule has 2 saturated heterocycles. The van der Waals surface area contributed by atoms with E-state index in [-0.39, 0.29) is 5.60 Å². The molecule has 2 aliphatic heterocycles. The van der Waals surface area contributed by atoms with Crippen LogP contribution in [0.3, 0.4) is 0 Å². The third-order valence-electron chi connectivity index (χ3n) is 3.73. The van der Waals surface area contributed by atoms with Gasteiger partial charge in [-0.3, -0.25) is 0 Å². The number of ether oxygens (including phenoxy) is 1. The van der Waals surface area contributed by atoms with E-state index in [0.717, 1.165) is 13.1 Å². The maximum atomic E-state index is 5.98. The molecule has 2 atom stereocenters. The van der Waals surface area contributed by atoms with Crippen LogP contribution in [-0.2, 0) is 4.74 Å². The summed E-state index contributed by atoms with van der Waals surface area (Å²) in [5.41, 5.74) is 0.109. The van der Waals surface area contributed by atoms with Crippen LogP contribution in [0.25, 0.3) is 0 Å². The molecule has 0 amide bonds. The fourth-order valence-corrected chi connectivity index (χ4v) is 3.97. The summed E-state index contributed by atoms with van der Waals surface area (Å²) in [4.78, 5) is 0. The molecule has 1 N–H and O–H groups in total. The zero-order valence-corrected chi connectivity index (χ0v) is 11.7. The van der Waals surface area contributed by atoms with Crippen LogP contribution in [0.1, 0.15) is 46.5 Å². The molecular formula is C13H25NOS. The molecule has 0 saturated carbocycles. The highest BCUT2D eigenvalue weighted by Gasteiger charge is 2.33. The lowest BCUT2D eigenvalue weighted by atomic mass is 10.0. The van der Waals surface area contributed by atoms with Crippen molar-refractivity contribution in [3.05, 3.63) is 0 Å². The molecule has 0 spiro atoms. The van der Waals surface area contributed by atoms with Gasteiger partial charge in [-0.15, -0.1) is 0 Å². The molecule has 2 fully saturated rings. The molecule has 2 nitrogen and oxygen atoms in total. The smallest absolute Gasteiger partial charge is 0.0707 e. The Hall–Kier alpha value is 0.270. The lowest BCUT2D eigenvalue weighted by Gasteiger charge is -2.25. The minimum Gasteiger partial charge on any atom is -0.371 e. The summed E-state index contributed by atoms with van der Waals surface area (Å²) < 4.78 is 6.46. The Kier molecular flexibility index (Phi) is 3.87. The predicted molar refractivity (Wildman–Crippen MR) is 71.2 cm³/mol. The minimum absolute atomic E-state index is 0.109. The van der Waals surface area contributed by atoms with Gasteiger partial charge < -0.3 is 10.1 Å². The summed E-state index contributed by atoms with van der Waals surface area (Å²) in [6, 6.07) is 0. The first-order valence-corrected chi connectivity index (χ1v) is 7.50. The maximum absolute atomic E-state index is 5.98. The van der Waals surface area contributed by atoms with Crippen molar-refractivity contribution < 1.29 is 4.74 Å². The van der Waals surface area contributed by atoms with E-state index in [4.69, 9.17) is 4.74 Å². The molecule has 0 aromatic heterocycles. The molecule has 0 aromatic carbocycles. The second-order valence-electron chi connectivity index (χ2n) is 6.07. The summed E-state index contributed by atoms with van der Waals surface area (Å²) in [6.07, 6.45) is 5.59. The second kappa shape index (κ2) is 4.87. The lowest BCUT2D eigenvalue weighted by Crippen LogP contribution is -2.37. The average molecular weight is 243 g/mol. The zero-order valence-electron chi connectivity index (χ0n) is 10.8. The van der Waals surface area contributed by atoms with Gasteiger partial charge in [-0.25, -0.2) is 0 Å². The highest BCUT2D eigenvalue weighted by atomic mass is 32.2. The van der Waals surface area contributed by atoms with E-state index in [2.05, 4.69) is 37.8 Å². The summed E-state index contributed by atoms with van der Waals surface area (Å²) in [5, 5.41) is 3.60. The Bertz CT molecular complexity index is 236. The maximum Gasteiger partial charge on any atom is 0.0707 e. The molecule has 3 heteroatoms. The first-order chi connectivity index (χ1) is 7.49. The van der Waals surface area contributed by atoms with Crippen molar-refractivity contribution in [1.82, 2.24) is 5.32 Å². The van der Waals surface area contributed by atoms with Crippen molar-refractivity contribution >= 4 is 11.8 Å². The molecule has 0 aliphatic carbocycles. The molecule has 2 aliphatic rings. The summed E-state index contributed by atoms with van der Waals surface area (Å²) in [5.74, 6) is 1.34. The third kappa shape index (κ3) is 3.38. The Balaban J connectivity index is 1.65. The fourth-order valence-electron chi connectivity index (χ4n) is 2.70. The van der Waals surface area contributed by atoms with E-state index < -0.39 is 0 Å².